The van der Waals surface area contributed by atoms with Gasteiger partial charge < -0.3 is 5.32 Å². The lowest BCUT2D eigenvalue weighted by Gasteiger charge is -2.15. The summed E-state index contributed by atoms with van der Waals surface area (Å²) in [5.41, 5.74) is 3.93. The highest BCUT2D eigenvalue weighted by atomic mass is 79.9. The van der Waals surface area contributed by atoms with Gasteiger partial charge in [0.05, 0.1) is 0 Å². The molecule has 2 aromatic rings. The van der Waals surface area contributed by atoms with E-state index >= 15 is 0 Å². The fraction of sp³-hybridized carbons (Fsp3) is 0.294. The van der Waals surface area contributed by atoms with E-state index in [0.29, 0.717) is 6.04 Å². The largest absolute Gasteiger partial charge is 0.306 e. The summed E-state index contributed by atoms with van der Waals surface area (Å²) in [5.74, 6) is 0. The number of rotatable bonds is 5. The Morgan fingerprint density at radius 2 is 1.85 bits per heavy atom. The van der Waals surface area contributed by atoms with Crippen molar-refractivity contribution in [1.82, 2.24) is 5.32 Å². The second-order valence-electron chi connectivity index (χ2n) is 4.96. The highest BCUT2D eigenvalue weighted by Gasteiger charge is 2.05. The van der Waals surface area contributed by atoms with E-state index in [1.807, 2.05) is 0 Å². The van der Waals surface area contributed by atoms with Crippen molar-refractivity contribution in [1.29, 1.82) is 0 Å². The zero-order valence-corrected chi connectivity index (χ0v) is 14.5. The van der Waals surface area contributed by atoms with Gasteiger partial charge in [-0.05, 0) is 55.0 Å². The van der Waals surface area contributed by atoms with E-state index in [0.717, 1.165) is 6.54 Å². The van der Waals surface area contributed by atoms with E-state index < -0.39 is 0 Å². The minimum atomic E-state index is 0.356. The molecule has 20 heavy (non-hydrogen) atoms. The van der Waals surface area contributed by atoms with E-state index in [2.05, 4.69) is 83.8 Å². The monoisotopic (exact) mass is 349 g/mol. The van der Waals surface area contributed by atoms with Crippen LogP contribution < -0.4 is 5.32 Å². The average molecular weight is 350 g/mol. The Balaban J connectivity index is 1.96. The third kappa shape index (κ3) is 4.11. The van der Waals surface area contributed by atoms with Gasteiger partial charge in [0.2, 0.25) is 0 Å². The van der Waals surface area contributed by atoms with Crippen molar-refractivity contribution in [3.63, 3.8) is 0 Å². The van der Waals surface area contributed by atoms with Gasteiger partial charge in [-0.15, -0.1) is 11.8 Å². The van der Waals surface area contributed by atoms with Crippen LogP contribution in [0.4, 0.5) is 0 Å². The fourth-order valence-corrected chi connectivity index (χ4v) is 2.75. The molecular weight excluding hydrogens is 330 g/mol. The first-order chi connectivity index (χ1) is 9.60. The second kappa shape index (κ2) is 7.30. The molecular formula is C17H20BrNS. The van der Waals surface area contributed by atoms with Crippen molar-refractivity contribution >= 4 is 27.7 Å². The van der Waals surface area contributed by atoms with Crippen LogP contribution in [0.3, 0.4) is 0 Å². The zero-order valence-electron chi connectivity index (χ0n) is 12.1. The lowest BCUT2D eigenvalue weighted by atomic mass is 10.1. The zero-order chi connectivity index (χ0) is 14.5. The molecule has 0 fully saturated rings. The fourth-order valence-electron chi connectivity index (χ4n) is 2.10. The van der Waals surface area contributed by atoms with Crippen LogP contribution in [0.1, 0.15) is 29.7 Å². The Morgan fingerprint density at radius 3 is 2.45 bits per heavy atom. The van der Waals surface area contributed by atoms with Gasteiger partial charge in [0.15, 0.2) is 0 Å². The van der Waals surface area contributed by atoms with Crippen LogP contribution >= 0.6 is 27.7 Å². The maximum absolute atomic E-state index is 3.58. The van der Waals surface area contributed by atoms with E-state index in [1.54, 1.807) is 11.8 Å². The van der Waals surface area contributed by atoms with Crippen LogP contribution in [0.2, 0.25) is 0 Å². The number of hydrogen-bond donors (Lipinski definition) is 1. The molecule has 0 bridgehead atoms. The van der Waals surface area contributed by atoms with Crippen LogP contribution in [0.5, 0.6) is 0 Å². The summed E-state index contributed by atoms with van der Waals surface area (Å²) in [5, 5.41) is 3.58. The van der Waals surface area contributed by atoms with E-state index in [1.165, 1.54) is 26.1 Å². The van der Waals surface area contributed by atoms with Gasteiger partial charge in [-0.25, -0.2) is 0 Å². The molecule has 0 aliphatic rings. The van der Waals surface area contributed by atoms with Gasteiger partial charge in [0.25, 0.3) is 0 Å². The Labute approximate surface area is 134 Å². The SMILES string of the molecule is CSc1ccc(C(C)NCc2ccc(Br)c(C)c2)cc1. The van der Waals surface area contributed by atoms with Gasteiger partial charge in [0, 0.05) is 22.0 Å². The van der Waals surface area contributed by atoms with Crippen molar-refractivity contribution in [2.24, 2.45) is 0 Å². The minimum Gasteiger partial charge on any atom is -0.306 e. The van der Waals surface area contributed by atoms with Crippen molar-refractivity contribution < 1.29 is 0 Å². The molecule has 3 heteroatoms. The van der Waals surface area contributed by atoms with Gasteiger partial charge in [-0.1, -0.05) is 40.2 Å². The predicted octanol–water partition coefficient (Wildman–Crippen LogP) is 5.33. The minimum absolute atomic E-state index is 0.356. The number of aryl methyl sites for hydroxylation is 1. The first-order valence-electron chi connectivity index (χ1n) is 6.72. The van der Waals surface area contributed by atoms with Crippen molar-refractivity contribution in [2.75, 3.05) is 6.26 Å². The van der Waals surface area contributed by atoms with Crippen LogP contribution in [-0.4, -0.2) is 6.26 Å². The summed E-state index contributed by atoms with van der Waals surface area (Å²) >= 11 is 5.31. The molecule has 0 aromatic heterocycles. The Bertz CT molecular complexity index is 566. The number of halogens is 1. The lowest BCUT2D eigenvalue weighted by molar-refractivity contribution is 0.574. The quantitative estimate of drug-likeness (QED) is 0.732. The molecule has 106 valence electrons. The number of nitrogens with one attached hydrogen (secondary N) is 1. The van der Waals surface area contributed by atoms with Crippen molar-refractivity contribution in [2.45, 2.75) is 31.3 Å². The Hall–Kier alpha value is -0.770. The summed E-state index contributed by atoms with van der Waals surface area (Å²) < 4.78 is 1.17. The van der Waals surface area contributed by atoms with E-state index in [-0.39, 0.29) is 0 Å². The molecule has 0 radical (unpaired) electrons. The number of hydrogen-bond acceptors (Lipinski definition) is 2. The third-order valence-corrected chi connectivity index (χ3v) is 5.08. The number of thioether (sulfide) groups is 1. The molecule has 1 unspecified atom stereocenters. The summed E-state index contributed by atoms with van der Waals surface area (Å²) in [6.07, 6.45) is 2.10. The van der Waals surface area contributed by atoms with Crippen molar-refractivity contribution in [3.8, 4) is 0 Å². The topological polar surface area (TPSA) is 12.0 Å². The van der Waals surface area contributed by atoms with Gasteiger partial charge in [-0.2, -0.15) is 0 Å². The standard InChI is InChI=1S/C17H20BrNS/c1-12-10-14(4-9-17(12)18)11-19-13(2)15-5-7-16(20-3)8-6-15/h4-10,13,19H,11H2,1-3H3. The maximum atomic E-state index is 3.58. The number of benzene rings is 2. The molecule has 0 aliphatic heterocycles. The molecule has 0 amide bonds. The van der Waals surface area contributed by atoms with Crippen LogP contribution in [0.15, 0.2) is 51.8 Å². The maximum Gasteiger partial charge on any atom is 0.0294 e. The molecule has 1 atom stereocenters. The predicted molar refractivity (Wildman–Crippen MR) is 92.4 cm³/mol. The van der Waals surface area contributed by atoms with Gasteiger partial charge in [-0.3, -0.25) is 0 Å². The molecule has 2 rings (SSSR count). The first kappa shape index (κ1) is 15.6. The van der Waals surface area contributed by atoms with Gasteiger partial charge in [0.1, 0.15) is 0 Å². The third-order valence-electron chi connectivity index (χ3n) is 3.45. The highest BCUT2D eigenvalue weighted by Crippen LogP contribution is 2.20. The molecule has 1 nitrogen and oxygen atoms in total. The Morgan fingerprint density at radius 1 is 1.15 bits per heavy atom. The molecule has 0 saturated carbocycles. The molecule has 0 heterocycles. The lowest BCUT2D eigenvalue weighted by Crippen LogP contribution is -2.18. The molecule has 1 N–H and O–H groups in total. The molecule has 2 aromatic carbocycles. The highest BCUT2D eigenvalue weighted by molar-refractivity contribution is 9.10. The smallest absolute Gasteiger partial charge is 0.0294 e. The normalized spacial score (nSPS) is 12.4. The summed E-state index contributed by atoms with van der Waals surface area (Å²) in [6, 6.07) is 15.6. The second-order valence-corrected chi connectivity index (χ2v) is 6.69. The average Bonchev–Trinajstić information content (AvgIpc) is 2.48. The van der Waals surface area contributed by atoms with E-state index in [4.69, 9.17) is 0 Å². The molecule has 0 saturated heterocycles. The first-order valence-corrected chi connectivity index (χ1v) is 8.74. The van der Waals surface area contributed by atoms with Gasteiger partial charge >= 0.3 is 0 Å². The van der Waals surface area contributed by atoms with Crippen molar-refractivity contribution in [3.05, 3.63) is 63.6 Å². The van der Waals surface area contributed by atoms with Crippen LogP contribution in [0, 0.1) is 6.92 Å². The Kier molecular flexibility index (Phi) is 5.70. The molecule has 0 spiro atoms. The summed E-state index contributed by atoms with van der Waals surface area (Å²) in [6.45, 7) is 5.22. The van der Waals surface area contributed by atoms with Crippen LogP contribution in [-0.2, 0) is 6.54 Å². The summed E-state index contributed by atoms with van der Waals surface area (Å²) in [7, 11) is 0. The summed E-state index contributed by atoms with van der Waals surface area (Å²) in [4.78, 5) is 1.31. The molecule has 0 aliphatic carbocycles. The van der Waals surface area contributed by atoms with Crippen LogP contribution in [0.25, 0.3) is 0 Å². The van der Waals surface area contributed by atoms with E-state index in [9.17, 15) is 0 Å².